The molecule has 3 saturated heterocycles. The summed E-state index contributed by atoms with van der Waals surface area (Å²) >= 11 is 7.52. The lowest BCUT2D eigenvalue weighted by Crippen LogP contribution is -2.36. The highest BCUT2D eigenvalue weighted by Gasteiger charge is 2.45. The number of benzene rings is 5. The number of fused-ring (bicyclic) bond motifs is 2. The molecule has 0 spiro atoms. The molecule has 0 amide bonds. The molecule has 6 aliphatic rings. The van der Waals surface area contributed by atoms with Crippen molar-refractivity contribution in [3.63, 3.8) is 0 Å². The molecule has 480 valence electrons. The van der Waals surface area contributed by atoms with Crippen molar-refractivity contribution in [3.8, 4) is 17.2 Å². The van der Waals surface area contributed by atoms with E-state index >= 15 is 0 Å². The quantitative estimate of drug-likeness (QED) is 0.0572. The Balaban J connectivity index is 0.777. The van der Waals surface area contributed by atoms with Crippen molar-refractivity contribution in [1.82, 2.24) is 0 Å². The molecule has 10 atom stereocenters. The Labute approximate surface area is 550 Å². The third kappa shape index (κ3) is 15.3. The number of phenolic OH excluding ortho intramolecular Hbond substituents is 2. The summed E-state index contributed by atoms with van der Waals surface area (Å²) in [6.45, 7) is 19.7. The molecule has 90 heavy (non-hydrogen) atoms. The zero-order chi connectivity index (χ0) is 63.3. The van der Waals surface area contributed by atoms with Crippen LogP contribution in [0.15, 0.2) is 165 Å². The minimum atomic E-state index is -0.632. The van der Waals surface area contributed by atoms with Crippen molar-refractivity contribution in [2.45, 2.75) is 224 Å². The molecule has 10 unspecified atom stereocenters. The van der Waals surface area contributed by atoms with Crippen molar-refractivity contribution in [3.05, 3.63) is 193 Å². The highest BCUT2D eigenvalue weighted by Crippen LogP contribution is 2.50. The predicted octanol–water partition coefficient (Wildman–Crippen LogP) is 18.6. The Bertz CT molecular complexity index is 3500. The third-order valence-corrected chi connectivity index (χ3v) is 20.2. The number of aromatic hydroxyl groups is 2. The minimum Gasteiger partial charge on any atom is -0.508 e. The number of halogens is 2. The molecule has 3 N–H and O–H groups in total. The lowest BCUT2D eigenvalue weighted by molar-refractivity contribution is -0.433. The van der Waals surface area contributed by atoms with Gasteiger partial charge >= 0.3 is 0 Å². The van der Waals surface area contributed by atoms with Gasteiger partial charge in [-0.15, -0.1) is 0 Å². The fourth-order valence-electron chi connectivity index (χ4n) is 14.6. The summed E-state index contributed by atoms with van der Waals surface area (Å²) in [4.78, 5) is 2.45. The van der Waals surface area contributed by atoms with E-state index in [2.05, 4.69) is 170 Å². The molecule has 5 heterocycles. The number of aliphatic hydroxyl groups is 1. The molecule has 14 heteroatoms. The summed E-state index contributed by atoms with van der Waals surface area (Å²) in [6.07, 6.45) is 18.6. The van der Waals surface area contributed by atoms with Gasteiger partial charge in [-0.2, -0.15) is 4.58 Å². The zero-order valence-corrected chi connectivity index (χ0v) is 57.0. The number of nitrogens with zero attached hydrogens (tertiary/aromatic N) is 2. The SMILES string of the molecule is CCCC1CC(CC(O)CCCC2CC(CCCC3CC(C)OC(c4cccc(O)c4)O3)OC(c3cccc(O)c3)O2)OC(c2cccc(OC3=C(/C=C/C4=[N+](CC)c5ccc(Br)cc5C4(C)C)CCC/C3=C\C=C3\N(CC)c4ccc(Br)cc4C3(C)C)c2)O1. The molecular weight excluding hydrogens is 1260 g/mol. The van der Waals surface area contributed by atoms with Crippen LogP contribution in [-0.2, 0) is 39.3 Å². The van der Waals surface area contributed by atoms with E-state index in [1.54, 1.807) is 24.3 Å². The normalized spacial score (nSPS) is 27.0. The first-order valence-corrected chi connectivity index (χ1v) is 34.8. The molecule has 3 fully saturated rings. The molecule has 0 radical (unpaired) electrons. The van der Waals surface area contributed by atoms with Gasteiger partial charge in [-0.3, -0.25) is 0 Å². The summed E-state index contributed by atoms with van der Waals surface area (Å²) in [7, 11) is 0. The van der Waals surface area contributed by atoms with Crippen LogP contribution in [0.3, 0.4) is 0 Å². The number of allylic oxidation sites excluding steroid dienone is 7. The van der Waals surface area contributed by atoms with Gasteiger partial charge in [0.25, 0.3) is 0 Å². The smallest absolute Gasteiger partial charge is 0.209 e. The zero-order valence-electron chi connectivity index (χ0n) is 53.8. The second-order valence-electron chi connectivity index (χ2n) is 26.6. The van der Waals surface area contributed by atoms with Gasteiger partial charge in [0.2, 0.25) is 5.69 Å². The molecule has 0 bridgehead atoms. The number of rotatable bonds is 22. The lowest BCUT2D eigenvalue weighted by Gasteiger charge is -2.37. The predicted molar refractivity (Wildman–Crippen MR) is 363 cm³/mol. The van der Waals surface area contributed by atoms with Crippen LogP contribution in [0.5, 0.6) is 17.2 Å². The van der Waals surface area contributed by atoms with Crippen LogP contribution in [0.25, 0.3) is 0 Å². The second-order valence-corrected chi connectivity index (χ2v) is 28.4. The van der Waals surface area contributed by atoms with Crippen LogP contribution in [0.4, 0.5) is 11.4 Å². The Kier molecular flexibility index (Phi) is 21.5. The third-order valence-electron chi connectivity index (χ3n) is 19.2. The first-order valence-electron chi connectivity index (χ1n) is 33.2. The molecule has 5 aromatic carbocycles. The molecule has 0 saturated carbocycles. The average Bonchev–Trinajstić information content (AvgIpc) is 1.62. The number of hydrogen-bond acceptors (Lipinski definition) is 11. The van der Waals surface area contributed by atoms with E-state index < -0.39 is 25.0 Å². The number of phenols is 2. The van der Waals surface area contributed by atoms with Crippen LogP contribution in [0.1, 0.15) is 198 Å². The van der Waals surface area contributed by atoms with E-state index in [0.717, 1.165) is 138 Å². The van der Waals surface area contributed by atoms with Crippen LogP contribution in [0.2, 0.25) is 0 Å². The Morgan fingerprint density at radius 1 is 0.633 bits per heavy atom. The summed E-state index contributed by atoms with van der Waals surface area (Å²) in [5.41, 5.74) is 12.0. The van der Waals surface area contributed by atoms with E-state index in [9.17, 15) is 15.3 Å². The summed E-state index contributed by atoms with van der Waals surface area (Å²) < 4.78 is 51.3. The van der Waals surface area contributed by atoms with E-state index in [0.29, 0.717) is 19.3 Å². The van der Waals surface area contributed by atoms with Crippen molar-refractivity contribution in [1.29, 1.82) is 0 Å². The van der Waals surface area contributed by atoms with Crippen LogP contribution >= 0.6 is 31.9 Å². The number of ether oxygens (including phenoxy) is 7. The van der Waals surface area contributed by atoms with Gasteiger partial charge in [0.15, 0.2) is 24.6 Å². The van der Waals surface area contributed by atoms with Gasteiger partial charge in [0.05, 0.1) is 48.1 Å². The highest BCUT2D eigenvalue weighted by molar-refractivity contribution is 9.10. The summed E-state index contributed by atoms with van der Waals surface area (Å²) in [5, 5.41) is 32.4. The molecule has 12 nitrogen and oxygen atoms in total. The van der Waals surface area contributed by atoms with Gasteiger partial charge < -0.3 is 53.4 Å². The van der Waals surface area contributed by atoms with E-state index in [1.165, 1.54) is 33.9 Å². The largest absolute Gasteiger partial charge is 0.508 e. The standard InChI is InChI=1S/C76H92Br2N2O10/c1-9-18-59-47-64(45-58(83)26-16-28-62-46-63(89-73(88-62)52-22-14-25-57(82)41-52)30-17-29-60-39-48(4)84-72(87-60)51-21-13-24-56(81)40-51)90-74(86-59)53-23-15-27-61(42-53)85-71-49(31-37-69-75(5,6)65-43-54(77)33-35-67(65)79(69)10-2)19-12-20-50(71)32-38-70-76(7,8)66-44-55(78)34-36-68(66)80(70)11-3/h13-15,21-25,27,31-38,40-44,48,58-60,62-64,72-74,83H,9-12,16-20,26,28-30,39,45-47H2,1-8H3,(H-,81,82)/p+1. The Morgan fingerprint density at radius 3 is 1.88 bits per heavy atom. The molecule has 1 aliphatic carbocycles. The van der Waals surface area contributed by atoms with E-state index in [1.807, 2.05) is 36.4 Å². The summed E-state index contributed by atoms with van der Waals surface area (Å²) in [5.74, 6) is 1.96. The van der Waals surface area contributed by atoms with Crippen molar-refractivity contribution < 1.29 is 53.1 Å². The van der Waals surface area contributed by atoms with E-state index in [4.69, 9.17) is 33.2 Å². The molecule has 11 rings (SSSR count). The molecule has 5 aliphatic heterocycles. The molecule has 0 aromatic heterocycles. The fourth-order valence-corrected chi connectivity index (χ4v) is 15.3. The van der Waals surface area contributed by atoms with E-state index in [-0.39, 0.29) is 59.0 Å². The number of hydrogen-bond donors (Lipinski definition) is 3. The van der Waals surface area contributed by atoms with Gasteiger partial charge in [0, 0.05) is 79.5 Å². The maximum Gasteiger partial charge on any atom is 0.209 e. The number of likely N-dealkylation sites (N-methyl/N-ethyl adjacent to an activating group) is 1. The minimum absolute atomic E-state index is 0.00725. The lowest BCUT2D eigenvalue weighted by atomic mass is 9.81. The first-order chi connectivity index (χ1) is 43.4. The highest BCUT2D eigenvalue weighted by atomic mass is 79.9. The van der Waals surface area contributed by atoms with Gasteiger partial charge in [0.1, 0.15) is 29.6 Å². The fraction of sp³-hybridized carbons (Fsp3) is 0.487. The first kappa shape index (κ1) is 66.1. The van der Waals surface area contributed by atoms with Crippen molar-refractivity contribution in [2.75, 3.05) is 18.0 Å². The van der Waals surface area contributed by atoms with Crippen molar-refractivity contribution in [2.24, 2.45) is 0 Å². The maximum absolute atomic E-state index is 11.8. The van der Waals surface area contributed by atoms with Crippen LogP contribution in [0, 0.1) is 0 Å². The second kappa shape index (κ2) is 29.3. The Morgan fingerprint density at radius 2 is 1.22 bits per heavy atom. The number of anilines is 1. The Hall–Kier alpha value is -5.39. The summed E-state index contributed by atoms with van der Waals surface area (Å²) in [6, 6.07) is 35.7. The number of aliphatic hydroxyl groups excluding tert-OH is 1. The van der Waals surface area contributed by atoms with Gasteiger partial charge in [-0.25, -0.2) is 0 Å². The van der Waals surface area contributed by atoms with Gasteiger partial charge in [-0.05, 0) is 207 Å². The van der Waals surface area contributed by atoms with Crippen LogP contribution < -0.4 is 9.64 Å². The monoisotopic (exact) mass is 1350 g/mol. The van der Waals surface area contributed by atoms with Crippen LogP contribution in [-0.4, -0.2) is 81.4 Å². The topological polar surface area (TPSA) is 132 Å². The molecule has 5 aromatic rings. The molecular formula is C76H93Br2N2O10+. The maximum atomic E-state index is 11.8. The average molecular weight is 1350 g/mol. The van der Waals surface area contributed by atoms with Gasteiger partial charge in [-0.1, -0.05) is 102 Å². The van der Waals surface area contributed by atoms with Crippen molar-refractivity contribution >= 4 is 48.9 Å².